The average molecular weight is 221 g/mol. The molecule has 0 fully saturated rings. The van der Waals surface area contributed by atoms with Crippen LogP contribution >= 0.6 is 0 Å². The molecule has 3 N–H and O–H groups in total. The molecular formula is C12H9F2NO. The van der Waals surface area contributed by atoms with Crippen molar-refractivity contribution in [1.29, 1.82) is 0 Å². The Morgan fingerprint density at radius 2 is 1.62 bits per heavy atom. The molecule has 82 valence electrons. The zero-order chi connectivity index (χ0) is 11.7. The van der Waals surface area contributed by atoms with E-state index in [-0.39, 0.29) is 16.9 Å². The second-order valence-electron chi connectivity index (χ2n) is 3.34. The van der Waals surface area contributed by atoms with Crippen LogP contribution in [-0.4, -0.2) is 5.11 Å². The summed E-state index contributed by atoms with van der Waals surface area (Å²) in [5.74, 6) is -1.74. The van der Waals surface area contributed by atoms with Crippen molar-refractivity contribution in [3.8, 4) is 16.9 Å². The van der Waals surface area contributed by atoms with Gasteiger partial charge in [0, 0.05) is 11.1 Å². The van der Waals surface area contributed by atoms with Crippen LogP contribution in [0, 0.1) is 11.6 Å². The van der Waals surface area contributed by atoms with Gasteiger partial charge in [-0.25, -0.2) is 8.78 Å². The van der Waals surface area contributed by atoms with Gasteiger partial charge in [-0.05, 0) is 18.2 Å². The number of phenolic OH excluding ortho intramolecular Hbond substituents is 1. The van der Waals surface area contributed by atoms with E-state index >= 15 is 0 Å². The summed E-state index contributed by atoms with van der Waals surface area (Å²) in [6.45, 7) is 0. The Morgan fingerprint density at radius 3 is 2.31 bits per heavy atom. The zero-order valence-electron chi connectivity index (χ0n) is 8.24. The molecule has 0 saturated carbocycles. The molecule has 2 aromatic rings. The molecule has 16 heavy (non-hydrogen) atoms. The first-order chi connectivity index (χ1) is 7.61. The van der Waals surface area contributed by atoms with Crippen LogP contribution in [0.5, 0.6) is 5.75 Å². The van der Waals surface area contributed by atoms with Gasteiger partial charge in [-0.1, -0.05) is 18.2 Å². The summed E-state index contributed by atoms with van der Waals surface area (Å²) in [6.07, 6.45) is 0. The number of rotatable bonds is 1. The van der Waals surface area contributed by atoms with Gasteiger partial charge < -0.3 is 10.8 Å². The second kappa shape index (κ2) is 3.81. The van der Waals surface area contributed by atoms with Gasteiger partial charge in [0.25, 0.3) is 0 Å². The molecule has 0 atom stereocenters. The molecule has 0 aliphatic rings. The highest BCUT2D eigenvalue weighted by atomic mass is 19.1. The number of benzene rings is 2. The highest BCUT2D eigenvalue weighted by Gasteiger charge is 2.14. The van der Waals surface area contributed by atoms with Crippen LogP contribution in [0.1, 0.15) is 0 Å². The lowest BCUT2D eigenvalue weighted by Gasteiger charge is -2.08. The van der Waals surface area contributed by atoms with E-state index in [0.29, 0.717) is 0 Å². The highest BCUT2D eigenvalue weighted by Crippen LogP contribution is 2.33. The van der Waals surface area contributed by atoms with Crippen molar-refractivity contribution in [3.63, 3.8) is 0 Å². The number of phenols is 1. The molecule has 0 aliphatic heterocycles. The Bertz CT molecular complexity index is 541. The van der Waals surface area contributed by atoms with Crippen LogP contribution < -0.4 is 5.73 Å². The molecule has 0 aromatic heterocycles. The molecule has 0 amide bonds. The van der Waals surface area contributed by atoms with Crippen LogP contribution in [-0.2, 0) is 0 Å². The molecule has 0 bridgehead atoms. The fourth-order valence-corrected chi connectivity index (χ4v) is 1.48. The number of hydrogen-bond acceptors (Lipinski definition) is 2. The van der Waals surface area contributed by atoms with Crippen molar-refractivity contribution < 1.29 is 13.9 Å². The maximum atomic E-state index is 13.7. The summed E-state index contributed by atoms with van der Waals surface area (Å²) in [6, 6.07) is 8.54. The lowest BCUT2D eigenvalue weighted by Crippen LogP contribution is -1.97. The second-order valence-corrected chi connectivity index (χ2v) is 3.34. The Labute approximate surface area is 91.0 Å². The van der Waals surface area contributed by atoms with Crippen molar-refractivity contribution in [2.75, 3.05) is 5.73 Å². The van der Waals surface area contributed by atoms with Gasteiger partial charge in [0.2, 0.25) is 0 Å². The van der Waals surface area contributed by atoms with Gasteiger partial charge >= 0.3 is 0 Å². The number of nitrogen functional groups attached to an aromatic ring is 1. The first kappa shape index (κ1) is 10.4. The van der Waals surface area contributed by atoms with Gasteiger partial charge in [-0.2, -0.15) is 0 Å². The predicted octanol–water partition coefficient (Wildman–Crippen LogP) is 2.92. The van der Waals surface area contributed by atoms with E-state index in [9.17, 15) is 13.9 Å². The van der Waals surface area contributed by atoms with Crippen molar-refractivity contribution in [3.05, 3.63) is 48.0 Å². The molecular weight excluding hydrogens is 212 g/mol. The normalized spacial score (nSPS) is 10.4. The van der Waals surface area contributed by atoms with E-state index in [1.807, 2.05) is 0 Å². The summed E-state index contributed by atoms with van der Waals surface area (Å²) < 4.78 is 26.6. The summed E-state index contributed by atoms with van der Waals surface area (Å²) >= 11 is 0. The Balaban J connectivity index is 2.66. The lowest BCUT2D eigenvalue weighted by atomic mass is 10.0. The fourth-order valence-electron chi connectivity index (χ4n) is 1.48. The van der Waals surface area contributed by atoms with E-state index in [1.54, 1.807) is 12.1 Å². The topological polar surface area (TPSA) is 46.2 Å². The third-order valence-corrected chi connectivity index (χ3v) is 2.32. The van der Waals surface area contributed by atoms with Crippen LogP contribution in [0.2, 0.25) is 0 Å². The maximum absolute atomic E-state index is 13.7. The summed E-state index contributed by atoms with van der Waals surface area (Å²) in [5.41, 5.74) is 5.06. The fraction of sp³-hybridized carbons (Fsp3) is 0. The molecule has 2 rings (SSSR count). The minimum absolute atomic E-state index is 0.0765. The third kappa shape index (κ3) is 1.58. The highest BCUT2D eigenvalue weighted by molar-refractivity contribution is 5.73. The molecule has 0 saturated heterocycles. The SMILES string of the molecule is Nc1c(F)ccc(-c2ccccc2O)c1F. The largest absolute Gasteiger partial charge is 0.507 e. The van der Waals surface area contributed by atoms with Crippen molar-refractivity contribution in [2.24, 2.45) is 0 Å². The quantitative estimate of drug-likeness (QED) is 0.727. The lowest BCUT2D eigenvalue weighted by molar-refractivity contribution is 0.476. The van der Waals surface area contributed by atoms with E-state index < -0.39 is 17.3 Å². The number of hydrogen-bond donors (Lipinski definition) is 2. The summed E-state index contributed by atoms with van der Waals surface area (Å²) in [7, 11) is 0. The standard InChI is InChI=1S/C12H9F2NO/c13-9-6-5-8(11(14)12(9)15)7-3-1-2-4-10(7)16/h1-6,16H,15H2. The van der Waals surface area contributed by atoms with Gasteiger partial charge in [-0.3, -0.25) is 0 Å². The molecule has 0 spiro atoms. The Kier molecular flexibility index (Phi) is 2.48. The number of anilines is 1. The van der Waals surface area contributed by atoms with E-state index in [2.05, 4.69) is 0 Å². The van der Waals surface area contributed by atoms with Gasteiger partial charge in [0.1, 0.15) is 17.3 Å². The molecule has 4 heteroatoms. The molecule has 0 aliphatic carbocycles. The predicted molar refractivity (Wildman–Crippen MR) is 57.9 cm³/mol. The number of para-hydroxylation sites is 1. The Morgan fingerprint density at radius 1 is 0.938 bits per heavy atom. The monoisotopic (exact) mass is 221 g/mol. The Hall–Kier alpha value is -2.10. The van der Waals surface area contributed by atoms with Crippen molar-refractivity contribution >= 4 is 5.69 Å². The van der Waals surface area contributed by atoms with Crippen LogP contribution in [0.15, 0.2) is 36.4 Å². The first-order valence-electron chi connectivity index (χ1n) is 4.63. The van der Waals surface area contributed by atoms with Gasteiger partial charge in [0.15, 0.2) is 5.82 Å². The van der Waals surface area contributed by atoms with Crippen molar-refractivity contribution in [1.82, 2.24) is 0 Å². The van der Waals surface area contributed by atoms with Gasteiger partial charge in [0.05, 0.1) is 0 Å². The minimum atomic E-state index is -0.860. The number of halogens is 2. The summed E-state index contributed by atoms with van der Waals surface area (Å²) in [4.78, 5) is 0. The molecule has 2 aromatic carbocycles. The molecule has 2 nitrogen and oxygen atoms in total. The van der Waals surface area contributed by atoms with E-state index in [4.69, 9.17) is 5.73 Å². The van der Waals surface area contributed by atoms with Gasteiger partial charge in [-0.15, -0.1) is 0 Å². The number of nitrogens with two attached hydrogens (primary N) is 1. The number of aromatic hydroxyl groups is 1. The van der Waals surface area contributed by atoms with Crippen LogP contribution in [0.4, 0.5) is 14.5 Å². The van der Waals surface area contributed by atoms with Crippen LogP contribution in [0.25, 0.3) is 11.1 Å². The molecule has 0 radical (unpaired) electrons. The average Bonchev–Trinajstić information content (AvgIpc) is 2.28. The van der Waals surface area contributed by atoms with E-state index in [1.165, 1.54) is 18.2 Å². The molecule has 0 unspecified atom stereocenters. The van der Waals surface area contributed by atoms with Crippen molar-refractivity contribution in [2.45, 2.75) is 0 Å². The molecule has 0 heterocycles. The third-order valence-electron chi connectivity index (χ3n) is 2.32. The minimum Gasteiger partial charge on any atom is -0.507 e. The zero-order valence-corrected chi connectivity index (χ0v) is 8.24. The maximum Gasteiger partial charge on any atom is 0.157 e. The smallest absolute Gasteiger partial charge is 0.157 e. The first-order valence-corrected chi connectivity index (χ1v) is 4.63. The van der Waals surface area contributed by atoms with Crippen LogP contribution in [0.3, 0.4) is 0 Å². The summed E-state index contributed by atoms with van der Waals surface area (Å²) in [5, 5.41) is 9.55. The van der Waals surface area contributed by atoms with E-state index in [0.717, 1.165) is 6.07 Å².